The highest BCUT2D eigenvalue weighted by Crippen LogP contribution is 2.21. The summed E-state index contributed by atoms with van der Waals surface area (Å²) >= 11 is 0. The molecule has 1 amide bonds. The minimum absolute atomic E-state index is 0.0190. The van der Waals surface area contributed by atoms with Gasteiger partial charge in [0.05, 0.1) is 4.90 Å². The monoisotopic (exact) mass is 275 g/mol. The number of amides is 1. The zero-order valence-electron chi connectivity index (χ0n) is 9.90. The molecule has 1 rings (SSSR count). The Morgan fingerprint density at radius 2 is 2.00 bits per heavy atom. The fraction of sp³-hybridized carbons (Fsp3) is 0.364. The van der Waals surface area contributed by atoms with Gasteiger partial charge in [-0.05, 0) is 31.5 Å². The van der Waals surface area contributed by atoms with Crippen molar-refractivity contribution in [3.05, 3.63) is 29.3 Å². The lowest BCUT2D eigenvalue weighted by molar-refractivity contribution is 0.0802. The van der Waals surface area contributed by atoms with E-state index in [1.165, 1.54) is 11.0 Å². The fourth-order valence-electron chi connectivity index (χ4n) is 1.36. The van der Waals surface area contributed by atoms with E-state index in [1.807, 2.05) is 6.92 Å². The molecule has 94 valence electrons. The standard InChI is InChI=1S/C11H14ClNO3S/c1-4-13(3)11(14)9-6-5-8(2)10(7-9)17(12,15)16/h5-7H,4H2,1-3H3. The lowest BCUT2D eigenvalue weighted by Crippen LogP contribution is -2.26. The van der Waals surface area contributed by atoms with Crippen LogP contribution in [0.5, 0.6) is 0 Å². The number of hydrogen-bond acceptors (Lipinski definition) is 3. The smallest absolute Gasteiger partial charge is 0.261 e. The van der Waals surface area contributed by atoms with Crippen LogP contribution in [0.15, 0.2) is 23.1 Å². The molecule has 0 aliphatic carbocycles. The Hall–Kier alpha value is -1.07. The molecule has 0 aliphatic heterocycles. The van der Waals surface area contributed by atoms with Gasteiger partial charge in [-0.25, -0.2) is 8.42 Å². The van der Waals surface area contributed by atoms with Crippen molar-refractivity contribution in [3.8, 4) is 0 Å². The van der Waals surface area contributed by atoms with Gasteiger partial charge in [-0.2, -0.15) is 0 Å². The zero-order valence-corrected chi connectivity index (χ0v) is 11.5. The fourth-order valence-corrected chi connectivity index (χ4v) is 2.58. The first-order chi connectivity index (χ1) is 7.77. The van der Waals surface area contributed by atoms with Crippen LogP contribution < -0.4 is 0 Å². The van der Waals surface area contributed by atoms with E-state index in [1.54, 1.807) is 26.1 Å². The minimum Gasteiger partial charge on any atom is -0.342 e. The van der Waals surface area contributed by atoms with Crippen molar-refractivity contribution >= 4 is 25.6 Å². The van der Waals surface area contributed by atoms with Gasteiger partial charge in [-0.15, -0.1) is 0 Å². The second kappa shape index (κ2) is 5.06. The second-order valence-corrected chi connectivity index (χ2v) is 6.27. The lowest BCUT2D eigenvalue weighted by Gasteiger charge is -2.15. The van der Waals surface area contributed by atoms with E-state index in [9.17, 15) is 13.2 Å². The van der Waals surface area contributed by atoms with Crippen molar-refractivity contribution in [1.82, 2.24) is 4.90 Å². The Morgan fingerprint density at radius 1 is 1.41 bits per heavy atom. The lowest BCUT2D eigenvalue weighted by atomic mass is 10.1. The van der Waals surface area contributed by atoms with Crippen LogP contribution >= 0.6 is 10.7 Å². The molecule has 0 spiro atoms. The molecule has 0 atom stereocenters. The Balaban J connectivity index is 3.27. The molecule has 1 aromatic carbocycles. The van der Waals surface area contributed by atoms with E-state index in [2.05, 4.69) is 0 Å². The van der Waals surface area contributed by atoms with Crippen molar-refractivity contribution < 1.29 is 13.2 Å². The highest BCUT2D eigenvalue weighted by atomic mass is 35.7. The molecule has 17 heavy (non-hydrogen) atoms. The number of carbonyl (C=O) groups is 1. The second-order valence-electron chi connectivity index (χ2n) is 3.74. The van der Waals surface area contributed by atoms with Gasteiger partial charge in [0, 0.05) is 29.8 Å². The van der Waals surface area contributed by atoms with Gasteiger partial charge >= 0.3 is 0 Å². The minimum atomic E-state index is -3.82. The quantitative estimate of drug-likeness (QED) is 0.793. The van der Waals surface area contributed by atoms with Gasteiger partial charge < -0.3 is 4.90 Å². The summed E-state index contributed by atoms with van der Waals surface area (Å²) < 4.78 is 22.6. The number of carbonyl (C=O) groups excluding carboxylic acids is 1. The summed E-state index contributed by atoms with van der Waals surface area (Å²) in [6.07, 6.45) is 0. The summed E-state index contributed by atoms with van der Waals surface area (Å²) in [6, 6.07) is 4.48. The maximum Gasteiger partial charge on any atom is 0.261 e. The van der Waals surface area contributed by atoms with Crippen molar-refractivity contribution in [2.75, 3.05) is 13.6 Å². The largest absolute Gasteiger partial charge is 0.342 e. The topological polar surface area (TPSA) is 54.5 Å². The molecule has 0 bridgehead atoms. The normalized spacial score (nSPS) is 11.3. The predicted octanol–water partition coefficient (Wildman–Crippen LogP) is 2.01. The van der Waals surface area contributed by atoms with E-state index in [4.69, 9.17) is 10.7 Å². The van der Waals surface area contributed by atoms with Crippen molar-refractivity contribution in [2.24, 2.45) is 0 Å². The molecule has 0 saturated carbocycles. The molecule has 0 heterocycles. The molecular formula is C11H14ClNO3S. The summed E-state index contributed by atoms with van der Waals surface area (Å²) in [5.74, 6) is -0.228. The van der Waals surface area contributed by atoms with Crippen LogP contribution in [0, 0.1) is 6.92 Å². The van der Waals surface area contributed by atoms with Crippen molar-refractivity contribution in [3.63, 3.8) is 0 Å². The van der Waals surface area contributed by atoms with Gasteiger partial charge in [0.25, 0.3) is 15.0 Å². The van der Waals surface area contributed by atoms with Gasteiger partial charge in [0.15, 0.2) is 0 Å². The Bertz CT molecular complexity index is 540. The van der Waals surface area contributed by atoms with Gasteiger partial charge in [-0.1, -0.05) is 6.07 Å². The predicted molar refractivity (Wildman–Crippen MR) is 66.9 cm³/mol. The Labute approximate surface area is 106 Å². The van der Waals surface area contributed by atoms with Crippen LogP contribution in [0.2, 0.25) is 0 Å². The van der Waals surface area contributed by atoms with Gasteiger partial charge in [0.2, 0.25) is 0 Å². The molecule has 0 unspecified atom stereocenters. The summed E-state index contributed by atoms with van der Waals surface area (Å²) in [4.78, 5) is 13.3. The maximum atomic E-state index is 11.9. The SMILES string of the molecule is CCN(C)C(=O)c1ccc(C)c(S(=O)(=O)Cl)c1. The van der Waals surface area contributed by atoms with Crippen LogP contribution in [0.25, 0.3) is 0 Å². The van der Waals surface area contributed by atoms with E-state index in [0.29, 0.717) is 17.7 Å². The molecule has 0 saturated heterocycles. The van der Waals surface area contributed by atoms with E-state index in [-0.39, 0.29) is 10.8 Å². The van der Waals surface area contributed by atoms with Crippen LogP contribution in [0.1, 0.15) is 22.8 Å². The zero-order chi connectivity index (χ0) is 13.2. The third-order valence-electron chi connectivity index (χ3n) is 2.52. The maximum absolute atomic E-state index is 11.9. The van der Waals surface area contributed by atoms with Crippen molar-refractivity contribution in [2.45, 2.75) is 18.7 Å². The average molecular weight is 276 g/mol. The van der Waals surface area contributed by atoms with Crippen LogP contribution in [-0.2, 0) is 9.05 Å². The first-order valence-electron chi connectivity index (χ1n) is 5.08. The molecule has 0 radical (unpaired) electrons. The number of aryl methyl sites for hydroxylation is 1. The number of rotatable bonds is 3. The molecule has 0 N–H and O–H groups in total. The molecule has 0 aliphatic rings. The summed E-state index contributed by atoms with van der Waals surface area (Å²) in [5, 5.41) is 0. The van der Waals surface area contributed by atoms with E-state index >= 15 is 0 Å². The molecule has 6 heteroatoms. The van der Waals surface area contributed by atoms with Crippen LogP contribution in [0.4, 0.5) is 0 Å². The van der Waals surface area contributed by atoms with Gasteiger partial charge in [-0.3, -0.25) is 4.79 Å². The molecule has 4 nitrogen and oxygen atoms in total. The molecule has 0 fully saturated rings. The Kier molecular flexibility index (Phi) is 4.16. The molecule has 1 aromatic rings. The van der Waals surface area contributed by atoms with Crippen LogP contribution in [0.3, 0.4) is 0 Å². The van der Waals surface area contributed by atoms with Crippen molar-refractivity contribution in [1.29, 1.82) is 0 Å². The number of hydrogen-bond donors (Lipinski definition) is 0. The molecular weight excluding hydrogens is 262 g/mol. The summed E-state index contributed by atoms with van der Waals surface area (Å²) in [5.41, 5.74) is 0.842. The first-order valence-corrected chi connectivity index (χ1v) is 7.39. The highest BCUT2D eigenvalue weighted by molar-refractivity contribution is 8.13. The summed E-state index contributed by atoms with van der Waals surface area (Å²) in [6.45, 7) is 4.02. The summed E-state index contributed by atoms with van der Waals surface area (Å²) in [7, 11) is 3.13. The third kappa shape index (κ3) is 3.20. The highest BCUT2D eigenvalue weighted by Gasteiger charge is 2.17. The van der Waals surface area contributed by atoms with Gasteiger partial charge in [0.1, 0.15) is 0 Å². The number of benzene rings is 1. The average Bonchev–Trinajstić information content (AvgIpc) is 2.26. The number of nitrogens with zero attached hydrogens (tertiary/aromatic N) is 1. The van der Waals surface area contributed by atoms with E-state index < -0.39 is 9.05 Å². The van der Waals surface area contributed by atoms with Crippen LogP contribution in [-0.4, -0.2) is 32.8 Å². The first kappa shape index (κ1) is 14.0. The van der Waals surface area contributed by atoms with E-state index in [0.717, 1.165) is 0 Å². The third-order valence-corrected chi connectivity index (χ3v) is 3.98. The Morgan fingerprint density at radius 3 is 2.47 bits per heavy atom. The molecule has 0 aromatic heterocycles. The number of halogens is 1.